The summed E-state index contributed by atoms with van der Waals surface area (Å²) in [6, 6.07) is 29.1. The Kier molecular flexibility index (Phi) is 12.9. The summed E-state index contributed by atoms with van der Waals surface area (Å²) in [4.78, 5) is 38.4. The average molecular weight is 633 g/mol. The molecular weight excluding hydrogens is 588 g/mol. The van der Waals surface area contributed by atoms with E-state index in [0.717, 1.165) is 16.7 Å². The van der Waals surface area contributed by atoms with Gasteiger partial charge in [-0.05, 0) is 36.0 Å². The molecule has 1 fully saturated rings. The van der Waals surface area contributed by atoms with Gasteiger partial charge in [0.1, 0.15) is 11.7 Å². The Labute approximate surface area is 270 Å². The van der Waals surface area contributed by atoms with E-state index in [1.165, 1.54) is 0 Å². The standard InChI is InChI=1S/C37H44O9/c1-4-16-30(38)44-33-29(43-36(41)35(46-32(40)18-6-3)34(33)45-31(39)17-5-2)25-42-37(26-19-10-7-11-20-26,27-21-12-8-13-22-27)28-23-14-9-15-24-28/h7-15,19-24,29,33-36,41H,4-6,16-18,25H2,1-3H3/t29-,33-,34+,35-,36-/m1/s1. The van der Waals surface area contributed by atoms with Gasteiger partial charge in [-0.1, -0.05) is 112 Å². The van der Waals surface area contributed by atoms with Crippen LogP contribution in [0, 0.1) is 0 Å². The maximum absolute atomic E-state index is 13.0. The quantitative estimate of drug-likeness (QED) is 0.125. The first-order valence-electron chi connectivity index (χ1n) is 16.1. The topological polar surface area (TPSA) is 118 Å². The van der Waals surface area contributed by atoms with Crippen LogP contribution in [0.3, 0.4) is 0 Å². The minimum absolute atomic E-state index is 0.0823. The minimum atomic E-state index is -1.69. The Bertz CT molecular complexity index is 1280. The molecule has 0 bridgehead atoms. The van der Waals surface area contributed by atoms with Crippen molar-refractivity contribution >= 4 is 17.9 Å². The van der Waals surface area contributed by atoms with Gasteiger partial charge in [0.15, 0.2) is 24.6 Å². The summed E-state index contributed by atoms with van der Waals surface area (Å²) < 4.78 is 30.3. The molecule has 1 aliphatic rings. The lowest BCUT2D eigenvalue weighted by molar-refractivity contribution is -0.300. The molecule has 5 atom stereocenters. The lowest BCUT2D eigenvalue weighted by atomic mass is 9.80. The first-order valence-corrected chi connectivity index (χ1v) is 16.1. The third kappa shape index (κ3) is 8.40. The predicted molar refractivity (Wildman–Crippen MR) is 170 cm³/mol. The molecule has 9 nitrogen and oxygen atoms in total. The van der Waals surface area contributed by atoms with Crippen LogP contribution in [0.4, 0.5) is 0 Å². The molecule has 9 heteroatoms. The van der Waals surface area contributed by atoms with Gasteiger partial charge in [-0.25, -0.2) is 0 Å². The predicted octanol–water partition coefficient (Wildman–Crippen LogP) is 5.85. The van der Waals surface area contributed by atoms with E-state index in [1.54, 1.807) is 0 Å². The molecule has 0 spiro atoms. The molecule has 0 unspecified atom stereocenters. The number of hydrogen-bond donors (Lipinski definition) is 1. The summed E-state index contributed by atoms with van der Waals surface area (Å²) in [6.45, 7) is 5.28. The van der Waals surface area contributed by atoms with Gasteiger partial charge in [0.2, 0.25) is 0 Å². The fraction of sp³-hybridized carbons (Fsp3) is 0.432. The molecule has 1 heterocycles. The lowest BCUT2D eigenvalue weighted by Gasteiger charge is -2.44. The number of carbonyl (C=O) groups is 3. The van der Waals surface area contributed by atoms with Crippen LogP contribution in [0.5, 0.6) is 0 Å². The lowest BCUT2D eigenvalue weighted by Crippen LogP contribution is -2.62. The molecule has 246 valence electrons. The summed E-state index contributed by atoms with van der Waals surface area (Å²) in [5, 5.41) is 11.2. The average Bonchev–Trinajstić information content (AvgIpc) is 3.06. The summed E-state index contributed by atoms with van der Waals surface area (Å²) in [6.07, 6.45) is -4.99. The van der Waals surface area contributed by atoms with Crippen LogP contribution in [0.1, 0.15) is 76.0 Å². The van der Waals surface area contributed by atoms with Gasteiger partial charge in [0.05, 0.1) is 6.61 Å². The van der Waals surface area contributed by atoms with Gasteiger partial charge in [-0.2, -0.15) is 0 Å². The summed E-state index contributed by atoms with van der Waals surface area (Å²) in [5.41, 5.74) is 1.36. The maximum atomic E-state index is 13.0. The number of hydrogen-bond acceptors (Lipinski definition) is 9. The zero-order chi connectivity index (χ0) is 32.9. The number of aliphatic hydroxyl groups excluding tert-OH is 1. The second-order valence-electron chi connectivity index (χ2n) is 11.3. The van der Waals surface area contributed by atoms with E-state index in [1.807, 2.05) is 112 Å². The van der Waals surface area contributed by atoms with Gasteiger partial charge in [0, 0.05) is 19.3 Å². The Morgan fingerprint density at radius 1 is 0.609 bits per heavy atom. The molecular formula is C37H44O9. The van der Waals surface area contributed by atoms with E-state index >= 15 is 0 Å². The molecule has 1 aliphatic heterocycles. The Morgan fingerprint density at radius 2 is 0.978 bits per heavy atom. The van der Waals surface area contributed by atoms with Crippen molar-refractivity contribution in [2.45, 2.75) is 95.6 Å². The second kappa shape index (κ2) is 17.0. The van der Waals surface area contributed by atoms with Crippen LogP contribution >= 0.6 is 0 Å². The largest absolute Gasteiger partial charge is 0.455 e. The Hall–Kier alpha value is -4.05. The summed E-state index contributed by atoms with van der Waals surface area (Å²) in [5.74, 6) is -1.73. The van der Waals surface area contributed by atoms with E-state index in [4.69, 9.17) is 23.7 Å². The summed E-state index contributed by atoms with van der Waals surface area (Å²) in [7, 11) is 0. The zero-order valence-electron chi connectivity index (χ0n) is 26.7. The molecule has 0 saturated carbocycles. The number of aliphatic hydroxyl groups is 1. The molecule has 1 N–H and O–H groups in total. The Morgan fingerprint density at radius 3 is 1.37 bits per heavy atom. The fourth-order valence-electron chi connectivity index (χ4n) is 5.65. The minimum Gasteiger partial charge on any atom is -0.455 e. The molecule has 0 radical (unpaired) electrons. The van der Waals surface area contributed by atoms with E-state index in [2.05, 4.69) is 0 Å². The summed E-state index contributed by atoms with van der Waals surface area (Å²) >= 11 is 0. The van der Waals surface area contributed by atoms with Gasteiger partial charge in [-0.3, -0.25) is 14.4 Å². The van der Waals surface area contributed by atoms with Gasteiger partial charge >= 0.3 is 17.9 Å². The first-order chi connectivity index (χ1) is 22.3. The SMILES string of the molecule is CCCC(=O)O[C@@H]1[C@@H](OC(=O)CCC)[C@H](O)O[C@H](COC(c2ccccc2)(c2ccccc2)c2ccccc2)[C@H]1OC(=O)CCC. The monoisotopic (exact) mass is 632 g/mol. The van der Waals surface area contributed by atoms with Gasteiger partial charge in [0.25, 0.3) is 0 Å². The zero-order valence-corrected chi connectivity index (χ0v) is 26.7. The first kappa shape index (κ1) is 34.8. The van der Waals surface area contributed by atoms with Crippen LogP contribution in [-0.4, -0.2) is 60.3 Å². The van der Waals surface area contributed by atoms with E-state index in [9.17, 15) is 19.5 Å². The van der Waals surface area contributed by atoms with Crippen molar-refractivity contribution < 1.29 is 43.2 Å². The van der Waals surface area contributed by atoms with Crippen LogP contribution in [0.15, 0.2) is 91.0 Å². The van der Waals surface area contributed by atoms with Gasteiger partial charge < -0.3 is 28.8 Å². The molecule has 0 amide bonds. The maximum Gasteiger partial charge on any atom is 0.306 e. The van der Waals surface area contributed by atoms with E-state index < -0.39 is 54.2 Å². The van der Waals surface area contributed by atoms with Gasteiger partial charge in [-0.15, -0.1) is 0 Å². The van der Waals surface area contributed by atoms with Crippen LogP contribution < -0.4 is 0 Å². The number of esters is 3. The molecule has 3 aromatic rings. The van der Waals surface area contributed by atoms with Crippen LogP contribution in [0.25, 0.3) is 0 Å². The third-order valence-corrected chi connectivity index (χ3v) is 7.78. The van der Waals surface area contributed by atoms with Crippen LogP contribution in [0.2, 0.25) is 0 Å². The van der Waals surface area contributed by atoms with Crippen molar-refractivity contribution in [1.82, 2.24) is 0 Å². The molecule has 0 aliphatic carbocycles. The van der Waals surface area contributed by atoms with E-state index in [-0.39, 0.29) is 25.9 Å². The highest BCUT2D eigenvalue weighted by molar-refractivity contribution is 5.71. The molecule has 4 rings (SSSR count). The number of rotatable bonds is 15. The molecule has 1 saturated heterocycles. The van der Waals surface area contributed by atoms with Crippen molar-refractivity contribution in [1.29, 1.82) is 0 Å². The number of ether oxygens (including phenoxy) is 5. The fourth-order valence-corrected chi connectivity index (χ4v) is 5.65. The van der Waals surface area contributed by atoms with E-state index in [0.29, 0.717) is 19.3 Å². The van der Waals surface area contributed by atoms with Crippen molar-refractivity contribution in [3.05, 3.63) is 108 Å². The molecule has 0 aromatic heterocycles. The number of carbonyl (C=O) groups excluding carboxylic acids is 3. The van der Waals surface area contributed by atoms with Crippen molar-refractivity contribution in [2.75, 3.05) is 6.61 Å². The molecule has 3 aromatic carbocycles. The highest BCUT2D eigenvalue weighted by Crippen LogP contribution is 2.41. The third-order valence-electron chi connectivity index (χ3n) is 7.78. The molecule has 46 heavy (non-hydrogen) atoms. The second-order valence-corrected chi connectivity index (χ2v) is 11.3. The normalized spacial score (nSPS) is 21.3. The van der Waals surface area contributed by atoms with Crippen molar-refractivity contribution in [3.8, 4) is 0 Å². The highest BCUT2D eigenvalue weighted by atomic mass is 16.7. The number of benzene rings is 3. The van der Waals surface area contributed by atoms with Crippen molar-refractivity contribution in [2.24, 2.45) is 0 Å². The Balaban J connectivity index is 1.78. The highest BCUT2D eigenvalue weighted by Gasteiger charge is 2.53. The van der Waals surface area contributed by atoms with Crippen molar-refractivity contribution in [3.63, 3.8) is 0 Å². The smallest absolute Gasteiger partial charge is 0.306 e. The van der Waals surface area contributed by atoms with Crippen LogP contribution in [-0.2, 0) is 43.7 Å².